The molecule has 2 aromatic carbocycles. The lowest BCUT2D eigenvalue weighted by Crippen LogP contribution is -2.56. The summed E-state index contributed by atoms with van der Waals surface area (Å²) in [5, 5.41) is 44.1. The predicted molar refractivity (Wildman–Crippen MR) is 156 cm³/mol. The van der Waals surface area contributed by atoms with Crippen LogP contribution in [0.5, 0.6) is 11.5 Å². The molecule has 2 saturated heterocycles. The third-order valence-electron chi connectivity index (χ3n) is 9.58. The van der Waals surface area contributed by atoms with Crippen molar-refractivity contribution in [1.82, 2.24) is 0 Å². The van der Waals surface area contributed by atoms with Gasteiger partial charge in [-0.1, -0.05) is 24.3 Å². The maximum Gasteiger partial charge on any atom is 0.198 e. The lowest BCUT2D eigenvalue weighted by Gasteiger charge is -2.46. The van der Waals surface area contributed by atoms with Gasteiger partial charge in [-0.05, 0) is 20.8 Å². The molecule has 0 amide bonds. The van der Waals surface area contributed by atoms with Gasteiger partial charge < -0.3 is 50.8 Å². The fourth-order valence-corrected chi connectivity index (χ4v) is 6.99. The summed E-state index contributed by atoms with van der Waals surface area (Å²) in [5.41, 5.74) is 9.93. The van der Waals surface area contributed by atoms with Gasteiger partial charge in [0.15, 0.2) is 29.9 Å². The van der Waals surface area contributed by atoms with Crippen LogP contribution in [-0.4, -0.2) is 92.5 Å². The predicted octanol–water partition coefficient (Wildman–Crippen LogP) is 0.868. The third-order valence-corrected chi connectivity index (χ3v) is 9.58. The monoisotopic (exact) mass is 626 g/mol. The molecule has 2 fully saturated rings. The van der Waals surface area contributed by atoms with Crippen LogP contribution in [0.25, 0.3) is 0 Å². The van der Waals surface area contributed by atoms with E-state index in [2.05, 4.69) is 0 Å². The number of rotatable bonds is 5. The Bertz CT molecular complexity index is 1540. The first kappa shape index (κ1) is 31.7. The third kappa shape index (κ3) is 5.17. The topological polar surface area (TPSA) is 221 Å². The highest BCUT2D eigenvalue weighted by atomic mass is 16.7. The summed E-state index contributed by atoms with van der Waals surface area (Å²) in [7, 11) is 0. The van der Waals surface area contributed by atoms with E-state index in [1.54, 1.807) is 26.0 Å². The molecule has 0 aromatic heterocycles. The lowest BCUT2D eigenvalue weighted by molar-refractivity contribution is -0.277. The molecule has 2 aliphatic heterocycles. The number of nitrogens with two attached hydrogens (primary N) is 2. The molecule has 10 unspecified atom stereocenters. The van der Waals surface area contributed by atoms with E-state index in [9.17, 15) is 34.8 Å². The second kappa shape index (κ2) is 11.5. The number of phenolic OH excluding ortho intramolecular Hbond substituents is 2. The summed E-state index contributed by atoms with van der Waals surface area (Å²) in [6.07, 6.45) is -6.97. The number of hydrogen-bond acceptors (Lipinski definition) is 13. The maximum absolute atomic E-state index is 13.7. The fourth-order valence-electron chi connectivity index (χ4n) is 6.99. The van der Waals surface area contributed by atoms with Crippen molar-refractivity contribution < 1.29 is 53.8 Å². The zero-order chi connectivity index (χ0) is 32.5. The number of ketones is 3. The van der Waals surface area contributed by atoms with Crippen LogP contribution in [0.4, 0.5) is 0 Å². The first-order valence-corrected chi connectivity index (χ1v) is 15.1. The van der Waals surface area contributed by atoms with Crippen molar-refractivity contribution in [2.45, 2.75) is 107 Å². The van der Waals surface area contributed by atoms with Gasteiger partial charge in [-0.3, -0.25) is 14.4 Å². The summed E-state index contributed by atoms with van der Waals surface area (Å²) in [4.78, 5) is 40.8. The number of aliphatic hydroxyl groups excluding tert-OH is 2. The fraction of sp³-hybridized carbons (Fsp3) is 0.531. The van der Waals surface area contributed by atoms with Crippen molar-refractivity contribution in [3.63, 3.8) is 0 Å². The Balaban J connectivity index is 1.48. The molecule has 4 aliphatic rings. The van der Waals surface area contributed by atoms with Crippen molar-refractivity contribution >= 4 is 17.3 Å². The van der Waals surface area contributed by atoms with Crippen LogP contribution < -0.4 is 11.5 Å². The quantitative estimate of drug-likeness (QED) is 0.217. The summed E-state index contributed by atoms with van der Waals surface area (Å²) < 4.78 is 24.4. The number of hydrogen-bond donors (Lipinski definition) is 6. The van der Waals surface area contributed by atoms with Crippen LogP contribution in [-0.2, 0) is 30.2 Å². The van der Waals surface area contributed by atoms with E-state index >= 15 is 0 Å². The molecule has 2 heterocycles. The second-order valence-electron chi connectivity index (χ2n) is 12.5. The highest BCUT2D eigenvalue weighted by Gasteiger charge is 2.52. The van der Waals surface area contributed by atoms with Gasteiger partial charge in [-0.25, -0.2) is 0 Å². The Morgan fingerprint density at radius 3 is 1.93 bits per heavy atom. The minimum absolute atomic E-state index is 0.00765. The zero-order valence-electron chi connectivity index (χ0n) is 25.1. The van der Waals surface area contributed by atoms with E-state index in [0.29, 0.717) is 0 Å². The van der Waals surface area contributed by atoms with Crippen LogP contribution in [0.1, 0.15) is 89.1 Å². The van der Waals surface area contributed by atoms with E-state index in [1.807, 2.05) is 0 Å². The first-order chi connectivity index (χ1) is 21.2. The van der Waals surface area contributed by atoms with Gasteiger partial charge >= 0.3 is 0 Å². The normalized spacial score (nSPS) is 36.2. The molecule has 45 heavy (non-hydrogen) atoms. The maximum atomic E-state index is 13.7. The summed E-state index contributed by atoms with van der Waals surface area (Å²) in [6.45, 7) is 4.55. The minimum atomic E-state index is -1.72. The van der Waals surface area contributed by atoms with Gasteiger partial charge in [0, 0.05) is 60.0 Å². The average molecular weight is 627 g/mol. The molecule has 0 bridgehead atoms. The summed E-state index contributed by atoms with van der Waals surface area (Å²) >= 11 is 0. The van der Waals surface area contributed by atoms with Crippen LogP contribution in [0, 0.1) is 0 Å². The molecule has 2 aromatic rings. The van der Waals surface area contributed by atoms with Crippen molar-refractivity contribution in [3.05, 3.63) is 57.6 Å². The number of carbonyl (C=O) groups excluding carboxylic acids is 3. The van der Waals surface area contributed by atoms with E-state index in [1.165, 1.54) is 19.1 Å². The average Bonchev–Trinajstić information content (AvgIpc) is 2.98. The van der Waals surface area contributed by atoms with E-state index in [0.717, 1.165) is 0 Å². The Morgan fingerprint density at radius 2 is 1.40 bits per heavy atom. The molecule has 0 spiro atoms. The lowest BCUT2D eigenvalue weighted by atomic mass is 9.72. The van der Waals surface area contributed by atoms with Crippen LogP contribution >= 0.6 is 0 Å². The van der Waals surface area contributed by atoms with Crippen LogP contribution in [0.15, 0.2) is 24.3 Å². The molecule has 242 valence electrons. The first-order valence-electron chi connectivity index (χ1n) is 15.1. The van der Waals surface area contributed by atoms with E-state index < -0.39 is 89.6 Å². The molecular weight excluding hydrogens is 588 g/mol. The van der Waals surface area contributed by atoms with Gasteiger partial charge in [0.05, 0.1) is 41.6 Å². The smallest absolute Gasteiger partial charge is 0.198 e. The molecule has 0 saturated carbocycles. The molecule has 0 radical (unpaired) electrons. The van der Waals surface area contributed by atoms with Crippen LogP contribution in [0.2, 0.25) is 0 Å². The Kier molecular flexibility index (Phi) is 8.11. The Labute approximate surface area is 259 Å². The van der Waals surface area contributed by atoms with Crippen molar-refractivity contribution in [3.8, 4) is 11.5 Å². The summed E-state index contributed by atoms with van der Waals surface area (Å²) in [6, 6.07) is 4.69. The SMILES string of the molecule is CC(=O)C1(OC2CC(N)C(O)C(C)O2)Cc2c(O)c3c(c(O)c2C(OC2CC(N)C(O)C(C)O2)C1)C(=O)c1ccccc1C3=O. The molecule has 10 atom stereocenters. The largest absolute Gasteiger partial charge is 0.507 e. The number of phenols is 2. The standard InChI is InChI=1S/C32H38N2O11/c1-12-26(36)18(33)8-21(42-12)44-20-11-32(14(3)35,45-22-9-19(34)27(37)13(2)43-22)10-17-23(20)31(41)25-24(30(17)40)28(38)15-6-4-5-7-16(15)29(25)39/h4-7,12-13,18-22,26-27,36-37,40-41H,8-11,33-34H2,1-3H3. The number of Topliss-reactive ketones (excluding diaryl/α,β-unsaturated/α-hetero) is 1. The molecule has 13 nitrogen and oxygen atoms in total. The van der Waals surface area contributed by atoms with Gasteiger partial charge in [0.25, 0.3) is 0 Å². The van der Waals surface area contributed by atoms with Crippen molar-refractivity contribution in [2.75, 3.05) is 0 Å². The number of aromatic hydroxyl groups is 2. The molecule has 2 aliphatic carbocycles. The second-order valence-corrected chi connectivity index (χ2v) is 12.5. The minimum Gasteiger partial charge on any atom is -0.507 e. The number of benzene rings is 2. The van der Waals surface area contributed by atoms with Gasteiger partial charge in [-0.15, -0.1) is 0 Å². The number of fused-ring (bicyclic) bond motifs is 3. The number of ether oxygens (including phenoxy) is 4. The molecule has 13 heteroatoms. The number of aliphatic hydroxyl groups is 2. The summed E-state index contributed by atoms with van der Waals surface area (Å²) in [5.74, 6) is -2.93. The molecule has 8 N–H and O–H groups in total. The Hall–Kier alpha value is -3.27. The number of carbonyl (C=O) groups is 3. The molecular formula is C32H38N2O11. The zero-order valence-corrected chi connectivity index (χ0v) is 25.1. The van der Waals surface area contributed by atoms with Crippen molar-refractivity contribution in [1.29, 1.82) is 0 Å². The van der Waals surface area contributed by atoms with Crippen LogP contribution in [0.3, 0.4) is 0 Å². The van der Waals surface area contributed by atoms with Gasteiger partial charge in [0.1, 0.15) is 17.1 Å². The molecule has 6 rings (SSSR count). The van der Waals surface area contributed by atoms with Gasteiger partial charge in [0.2, 0.25) is 0 Å². The highest BCUT2D eigenvalue weighted by molar-refractivity contribution is 6.30. The van der Waals surface area contributed by atoms with Gasteiger partial charge in [-0.2, -0.15) is 0 Å². The highest BCUT2D eigenvalue weighted by Crippen LogP contribution is 2.53. The van der Waals surface area contributed by atoms with E-state index in [4.69, 9.17) is 30.4 Å². The van der Waals surface area contributed by atoms with Crippen molar-refractivity contribution in [2.24, 2.45) is 11.5 Å². The van der Waals surface area contributed by atoms with E-state index in [-0.39, 0.29) is 59.1 Å². The Morgan fingerprint density at radius 1 is 0.889 bits per heavy atom.